The Morgan fingerprint density at radius 3 is 3.05 bits per heavy atom. The maximum absolute atomic E-state index is 11.8. The molecule has 0 aromatic carbocycles. The van der Waals surface area contributed by atoms with Crippen LogP contribution in [0.4, 0.5) is 5.82 Å². The van der Waals surface area contributed by atoms with Gasteiger partial charge in [-0.2, -0.15) is 0 Å². The molecule has 0 atom stereocenters. The number of imidazole rings is 1. The number of ether oxygens (including phenoxy) is 1. The molecule has 0 unspecified atom stereocenters. The van der Waals surface area contributed by atoms with Crippen LogP contribution in [-0.2, 0) is 4.74 Å². The Kier molecular flexibility index (Phi) is 3.00. The second kappa shape index (κ2) is 4.67. The summed E-state index contributed by atoms with van der Waals surface area (Å²) in [5.74, 6) is -0.147. The van der Waals surface area contributed by atoms with E-state index in [0.29, 0.717) is 17.4 Å². The molecule has 0 fully saturated rings. The molecule has 5 nitrogen and oxygen atoms in total. The van der Waals surface area contributed by atoms with E-state index in [4.69, 9.17) is 10.5 Å². The predicted octanol–water partition coefficient (Wildman–Crippen LogP) is 2.88. The van der Waals surface area contributed by atoms with E-state index in [1.54, 1.807) is 22.7 Å². The second-order valence-corrected chi connectivity index (χ2v) is 5.57. The van der Waals surface area contributed by atoms with Gasteiger partial charge in [-0.3, -0.25) is 4.40 Å². The number of carbonyl (C=O) groups is 1. The minimum atomic E-state index is -0.479. The largest absolute Gasteiger partial charge is 0.461 e. The van der Waals surface area contributed by atoms with Crippen molar-refractivity contribution >= 4 is 39.4 Å². The molecule has 0 radical (unpaired) electrons. The molecule has 2 N–H and O–H groups in total. The zero-order valence-corrected chi connectivity index (χ0v) is 11.8. The molecule has 0 bridgehead atoms. The van der Waals surface area contributed by atoms with Gasteiger partial charge in [0.25, 0.3) is 0 Å². The van der Waals surface area contributed by atoms with Crippen LogP contribution >= 0.6 is 22.7 Å². The Balaban J connectivity index is 2.15. The average molecular weight is 293 g/mol. The van der Waals surface area contributed by atoms with Crippen molar-refractivity contribution in [3.05, 3.63) is 28.6 Å². The number of nitrogens with zero attached hydrogens (tertiary/aromatic N) is 2. The molecule has 19 heavy (non-hydrogen) atoms. The number of aromatic nitrogens is 2. The van der Waals surface area contributed by atoms with E-state index in [9.17, 15) is 4.79 Å². The number of esters is 1. The number of fused-ring (bicyclic) bond motifs is 1. The molecule has 0 saturated heterocycles. The molecule has 0 aliphatic rings. The van der Waals surface area contributed by atoms with E-state index in [-0.39, 0.29) is 5.69 Å². The van der Waals surface area contributed by atoms with E-state index < -0.39 is 5.97 Å². The van der Waals surface area contributed by atoms with Gasteiger partial charge in [0.15, 0.2) is 10.7 Å². The van der Waals surface area contributed by atoms with Crippen LogP contribution in [0.3, 0.4) is 0 Å². The van der Waals surface area contributed by atoms with Crippen molar-refractivity contribution < 1.29 is 9.53 Å². The van der Waals surface area contributed by atoms with Crippen molar-refractivity contribution in [2.75, 3.05) is 12.3 Å². The van der Waals surface area contributed by atoms with E-state index in [1.165, 1.54) is 11.3 Å². The van der Waals surface area contributed by atoms with Crippen LogP contribution in [0.15, 0.2) is 22.9 Å². The molecule has 0 spiro atoms. The van der Waals surface area contributed by atoms with Gasteiger partial charge < -0.3 is 10.5 Å². The Bertz CT molecular complexity index is 728. The summed E-state index contributed by atoms with van der Waals surface area (Å²) in [4.78, 5) is 17.8. The molecule has 3 rings (SSSR count). The monoisotopic (exact) mass is 293 g/mol. The lowest BCUT2D eigenvalue weighted by molar-refractivity contribution is 0.0521. The minimum Gasteiger partial charge on any atom is -0.461 e. The second-order valence-electron chi connectivity index (χ2n) is 3.78. The van der Waals surface area contributed by atoms with Crippen LogP contribution in [0.25, 0.3) is 15.5 Å². The van der Waals surface area contributed by atoms with Crippen molar-refractivity contribution in [2.45, 2.75) is 6.92 Å². The van der Waals surface area contributed by atoms with Gasteiger partial charge >= 0.3 is 5.97 Å². The molecule has 0 aliphatic carbocycles. The third kappa shape index (κ3) is 1.91. The first kappa shape index (κ1) is 12.2. The highest BCUT2D eigenvalue weighted by molar-refractivity contribution is 7.17. The number of anilines is 1. The van der Waals surface area contributed by atoms with Crippen molar-refractivity contribution in [1.29, 1.82) is 0 Å². The summed E-state index contributed by atoms with van der Waals surface area (Å²) in [6, 6.07) is 3.98. The Hall–Kier alpha value is -1.86. The first-order valence-electron chi connectivity index (χ1n) is 5.68. The number of thiazole rings is 1. The molecule has 7 heteroatoms. The van der Waals surface area contributed by atoms with E-state index in [2.05, 4.69) is 4.98 Å². The van der Waals surface area contributed by atoms with Crippen molar-refractivity contribution in [2.24, 2.45) is 0 Å². The minimum absolute atomic E-state index is 0.187. The van der Waals surface area contributed by atoms with E-state index in [1.807, 2.05) is 22.9 Å². The van der Waals surface area contributed by atoms with Gasteiger partial charge in [-0.1, -0.05) is 6.07 Å². The van der Waals surface area contributed by atoms with Crippen LogP contribution in [0, 0.1) is 0 Å². The van der Waals surface area contributed by atoms with Crippen molar-refractivity contribution in [3.63, 3.8) is 0 Å². The summed E-state index contributed by atoms with van der Waals surface area (Å²) in [7, 11) is 0. The maximum Gasteiger partial charge on any atom is 0.360 e. The fourth-order valence-electron chi connectivity index (χ4n) is 1.83. The van der Waals surface area contributed by atoms with Gasteiger partial charge in [0.1, 0.15) is 5.82 Å². The molecule has 98 valence electrons. The first-order valence-corrected chi connectivity index (χ1v) is 7.44. The summed E-state index contributed by atoms with van der Waals surface area (Å²) in [6.07, 6.45) is 0. The highest BCUT2D eigenvalue weighted by Gasteiger charge is 2.21. The summed E-state index contributed by atoms with van der Waals surface area (Å²) < 4.78 is 6.75. The molecule has 3 aromatic rings. The number of rotatable bonds is 3. The van der Waals surface area contributed by atoms with Crippen LogP contribution in [0.2, 0.25) is 0 Å². The molecule has 0 aliphatic heterocycles. The van der Waals surface area contributed by atoms with Gasteiger partial charge in [0.05, 0.1) is 17.2 Å². The van der Waals surface area contributed by atoms with Crippen LogP contribution in [-0.4, -0.2) is 22.0 Å². The Morgan fingerprint density at radius 2 is 2.37 bits per heavy atom. The van der Waals surface area contributed by atoms with Gasteiger partial charge in [0, 0.05) is 5.38 Å². The number of thiophene rings is 1. The lowest BCUT2D eigenvalue weighted by Crippen LogP contribution is -2.08. The number of hydrogen-bond donors (Lipinski definition) is 1. The Morgan fingerprint density at radius 1 is 1.53 bits per heavy atom. The lowest BCUT2D eigenvalue weighted by atomic mass is 10.3. The third-order valence-corrected chi connectivity index (χ3v) is 4.36. The van der Waals surface area contributed by atoms with Gasteiger partial charge in [-0.25, -0.2) is 9.78 Å². The fraction of sp³-hybridized carbons (Fsp3) is 0.167. The van der Waals surface area contributed by atoms with Crippen LogP contribution < -0.4 is 5.73 Å². The highest BCUT2D eigenvalue weighted by atomic mass is 32.1. The van der Waals surface area contributed by atoms with Gasteiger partial charge in [-0.05, 0) is 18.4 Å². The maximum atomic E-state index is 11.8. The summed E-state index contributed by atoms with van der Waals surface area (Å²) in [5.41, 5.74) is 7.17. The standard InChI is InChI=1S/C12H11N3O2S2/c1-2-17-11(16)9-10(13)15-7(6-19-12(15)14-9)8-4-3-5-18-8/h3-6H,2,13H2,1H3. The quantitative estimate of drug-likeness (QED) is 0.754. The average Bonchev–Trinajstić information content (AvgIpc) is 3.07. The zero-order valence-electron chi connectivity index (χ0n) is 10.1. The lowest BCUT2D eigenvalue weighted by Gasteiger charge is -2.00. The smallest absolute Gasteiger partial charge is 0.360 e. The van der Waals surface area contributed by atoms with Crippen molar-refractivity contribution in [1.82, 2.24) is 9.38 Å². The zero-order chi connectivity index (χ0) is 13.4. The summed E-state index contributed by atoms with van der Waals surface area (Å²) in [6.45, 7) is 2.06. The number of nitrogens with two attached hydrogens (primary N) is 1. The summed E-state index contributed by atoms with van der Waals surface area (Å²) >= 11 is 3.07. The van der Waals surface area contributed by atoms with Gasteiger partial charge in [-0.15, -0.1) is 22.7 Å². The highest BCUT2D eigenvalue weighted by Crippen LogP contribution is 2.32. The van der Waals surface area contributed by atoms with Crippen molar-refractivity contribution in [3.8, 4) is 10.6 Å². The molecular formula is C12H11N3O2S2. The van der Waals surface area contributed by atoms with Crippen LogP contribution in [0.5, 0.6) is 0 Å². The molecule has 0 saturated carbocycles. The normalized spacial score (nSPS) is 11.0. The molecular weight excluding hydrogens is 282 g/mol. The number of nitrogen functional groups attached to an aromatic ring is 1. The van der Waals surface area contributed by atoms with Gasteiger partial charge in [0.2, 0.25) is 0 Å². The fourth-order valence-corrected chi connectivity index (χ4v) is 3.53. The van der Waals surface area contributed by atoms with E-state index in [0.717, 1.165) is 10.6 Å². The predicted molar refractivity (Wildman–Crippen MR) is 76.8 cm³/mol. The Labute approximate surface area is 117 Å². The molecule has 3 aromatic heterocycles. The molecule has 0 amide bonds. The van der Waals surface area contributed by atoms with E-state index >= 15 is 0 Å². The first-order chi connectivity index (χ1) is 9.22. The van der Waals surface area contributed by atoms with Crippen LogP contribution in [0.1, 0.15) is 17.4 Å². The third-order valence-electron chi connectivity index (χ3n) is 2.64. The number of carbonyl (C=O) groups excluding carboxylic acids is 1. The molecule has 3 heterocycles. The SMILES string of the molecule is CCOC(=O)c1nc2scc(-c3cccs3)n2c1N. The topological polar surface area (TPSA) is 69.6 Å². The number of hydrogen-bond acceptors (Lipinski definition) is 6. The summed E-state index contributed by atoms with van der Waals surface area (Å²) in [5, 5.41) is 3.98.